The van der Waals surface area contributed by atoms with Crippen molar-refractivity contribution in [2.45, 2.75) is 12.1 Å². The fourth-order valence-electron chi connectivity index (χ4n) is 4.43. The van der Waals surface area contributed by atoms with Gasteiger partial charge in [-0.05, 0) is 60.7 Å². The second-order valence-corrected chi connectivity index (χ2v) is 8.51. The Labute approximate surface area is 205 Å². The summed E-state index contributed by atoms with van der Waals surface area (Å²) in [6, 6.07) is 21.2. The number of hydrogen-bond acceptors (Lipinski definition) is 6. The van der Waals surface area contributed by atoms with Gasteiger partial charge in [-0.2, -0.15) is 0 Å². The van der Waals surface area contributed by atoms with Crippen molar-refractivity contribution in [2.24, 2.45) is 0 Å². The van der Waals surface area contributed by atoms with Gasteiger partial charge >= 0.3 is 5.97 Å². The lowest BCUT2D eigenvalue weighted by atomic mass is 10.0. The zero-order valence-corrected chi connectivity index (χ0v) is 19.1. The molecule has 0 bridgehead atoms. The van der Waals surface area contributed by atoms with Gasteiger partial charge in [0, 0.05) is 23.5 Å². The molecule has 2 aliphatic rings. The molecule has 0 aliphatic carbocycles. The van der Waals surface area contributed by atoms with Crippen LogP contribution in [0.3, 0.4) is 0 Å². The summed E-state index contributed by atoms with van der Waals surface area (Å²) in [6.07, 6.45) is 1.74. The number of furan rings is 1. The summed E-state index contributed by atoms with van der Waals surface area (Å²) in [5.74, 6) is 1.56. The molecule has 174 valence electrons. The molecule has 0 saturated carbocycles. The van der Waals surface area contributed by atoms with Crippen molar-refractivity contribution in [3.8, 4) is 22.8 Å². The van der Waals surface area contributed by atoms with Crippen LogP contribution in [0.1, 0.15) is 33.9 Å². The number of carboxylic acids is 1. The summed E-state index contributed by atoms with van der Waals surface area (Å²) in [5, 5.41) is 13.3. The lowest BCUT2D eigenvalue weighted by molar-refractivity contribution is 0.0697. The van der Waals surface area contributed by atoms with E-state index >= 15 is 0 Å². The number of rotatable bonds is 5. The molecule has 0 radical (unpaired) electrons. The Morgan fingerprint density at radius 1 is 1.03 bits per heavy atom. The van der Waals surface area contributed by atoms with E-state index in [0.717, 1.165) is 11.4 Å². The van der Waals surface area contributed by atoms with Crippen molar-refractivity contribution < 1.29 is 23.8 Å². The third-order valence-corrected chi connectivity index (χ3v) is 6.36. The minimum Gasteiger partial charge on any atom is -0.478 e. The number of pyridine rings is 1. The first-order valence-corrected chi connectivity index (χ1v) is 11.3. The average molecular weight is 486 g/mol. The Morgan fingerprint density at radius 3 is 2.74 bits per heavy atom. The minimum atomic E-state index is -0.992. The molecule has 8 nitrogen and oxygen atoms in total. The lowest BCUT2D eigenvalue weighted by Gasteiger charge is -2.26. The Bertz CT molecular complexity index is 1440. The number of hydrogen-bond donors (Lipinski definition) is 2. The Balaban J connectivity index is 1.43. The van der Waals surface area contributed by atoms with Gasteiger partial charge in [0.05, 0.1) is 17.3 Å². The van der Waals surface area contributed by atoms with Gasteiger partial charge in [0.25, 0.3) is 0 Å². The first-order valence-electron chi connectivity index (χ1n) is 10.9. The third kappa shape index (κ3) is 3.75. The number of ether oxygens (including phenoxy) is 2. The number of benzene rings is 2. The molecule has 0 amide bonds. The molecule has 0 unspecified atom stereocenters. The average Bonchev–Trinajstić information content (AvgIpc) is 3.62. The van der Waals surface area contributed by atoms with Crippen molar-refractivity contribution in [3.63, 3.8) is 0 Å². The van der Waals surface area contributed by atoms with Gasteiger partial charge in [0.2, 0.25) is 6.79 Å². The standard InChI is InChI=1S/C26H19N3O5S/c30-25(31)16-5-3-4-15(12-16)19-9-10-21(34-19)24-23(18-6-1-2-11-27-18)28-26(35)29(24)17-7-8-20-22(13-17)33-14-32-20/h1-13,23-24H,14H2,(H,28,35)(H,30,31)/t23-,24-/m1/s1. The second kappa shape index (κ2) is 8.44. The van der Waals surface area contributed by atoms with Crippen LogP contribution in [0.25, 0.3) is 11.3 Å². The highest BCUT2D eigenvalue weighted by Crippen LogP contribution is 2.45. The largest absolute Gasteiger partial charge is 0.478 e. The van der Waals surface area contributed by atoms with Crippen molar-refractivity contribution in [1.29, 1.82) is 0 Å². The summed E-state index contributed by atoms with van der Waals surface area (Å²) >= 11 is 5.76. The van der Waals surface area contributed by atoms with Crippen molar-refractivity contribution in [3.05, 3.63) is 96.0 Å². The summed E-state index contributed by atoms with van der Waals surface area (Å²) in [4.78, 5) is 18.0. The number of thiocarbonyl (C=S) groups is 1. The number of carbonyl (C=O) groups is 1. The number of nitrogens with one attached hydrogen (secondary N) is 1. The predicted molar refractivity (Wildman–Crippen MR) is 132 cm³/mol. The Kier molecular flexibility index (Phi) is 5.11. The van der Waals surface area contributed by atoms with Crippen LogP contribution >= 0.6 is 12.2 Å². The molecule has 1 fully saturated rings. The molecule has 9 heteroatoms. The van der Waals surface area contributed by atoms with E-state index in [-0.39, 0.29) is 24.4 Å². The zero-order valence-electron chi connectivity index (χ0n) is 18.3. The normalized spacial score (nSPS) is 18.5. The quantitative estimate of drug-likeness (QED) is 0.381. The first-order chi connectivity index (χ1) is 17.1. The molecule has 4 aromatic rings. The Hall–Kier alpha value is -4.37. The van der Waals surface area contributed by atoms with Crippen LogP contribution in [-0.2, 0) is 0 Å². The van der Waals surface area contributed by atoms with E-state index in [1.165, 1.54) is 0 Å². The lowest BCUT2D eigenvalue weighted by Crippen LogP contribution is -2.29. The molecule has 35 heavy (non-hydrogen) atoms. The molecule has 2 aromatic carbocycles. The number of nitrogens with zero attached hydrogens (tertiary/aromatic N) is 2. The monoisotopic (exact) mass is 485 g/mol. The van der Waals surface area contributed by atoms with Crippen LogP contribution in [0, 0.1) is 0 Å². The fraction of sp³-hybridized carbons (Fsp3) is 0.115. The van der Waals surface area contributed by atoms with E-state index in [4.69, 9.17) is 26.1 Å². The summed E-state index contributed by atoms with van der Waals surface area (Å²) in [7, 11) is 0. The summed E-state index contributed by atoms with van der Waals surface area (Å²) in [6.45, 7) is 0.179. The highest BCUT2D eigenvalue weighted by molar-refractivity contribution is 7.80. The third-order valence-electron chi connectivity index (χ3n) is 6.04. The molecule has 2 aromatic heterocycles. The van der Waals surface area contributed by atoms with Crippen molar-refractivity contribution >= 4 is 29.0 Å². The van der Waals surface area contributed by atoms with Crippen LogP contribution < -0.4 is 19.7 Å². The molecular weight excluding hydrogens is 466 g/mol. The van der Waals surface area contributed by atoms with Crippen LogP contribution in [-0.4, -0.2) is 28.0 Å². The van der Waals surface area contributed by atoms with Crippen LogP contribution in [0.15, 0.2) is 83.4 Å². The van der Waals surface area contributed by atoms with Crippen LogP contribution in [0.5, 0.6) is 11.5 Å². The number of carboxylic acid groups (broad SMARTS) is 1. The molecule has 6 rings (SSSR count). The molecule has 4 heterocycles. The van der Waals surface area contributed by atoms with Crippen LogP contribution in [0.4, 0.5) is 5.69 Å². The number of aromatic carboxylic acids is 1. The zero-order chi connectivity index (χ0) is 23.9. The summed E-state index contributed by atoms with van der Waals surface area (Å²) < 4.78 is 17.4. The number of fused-ring (bicyclic) bond motifs is 1. The highest BCUT2D eigenvalue weighted by Gasteiger charge is 2.43. The first kappa shape index (κ1) is 21.2. The highest BCUT2D eigenvalue weighted by atomic mass is 32.1. The molecule has 2 N–H and O–H groups in total. The van der Waals surface area contributed by atoms with E-state index < -0.39 is 5.97 Å². The smallest absolute Gasteiger partial charge is 0.335 e. The fourth-order valence-corrected chi connectivity index (χ4v) is 4.78. The SMILES string of the molecule is O=C(O)c1cccc(-c2ccc([C@@H]3[C@@H](c4ccccn4)NC(=S)N3c3ccc4c(c3)OCO4)o2)c1. The van der Waals surface area contributed by atoms with Crippen molar-refractivity contribution in [1.82, 2.24) is 10.3 Å². The molecule has 2 aliphatic heterocycles. The molecular formula is C26H19N3O5S. The maximum Gasteiger partial charge on any atom is 0.335 e. The van der Waals surface area contributed by atoms with Gasteiger partial charge in [-0.25, -0.2) is 4.79 Å². The van der Waals surface area contributed by atoms with Gasteiger partial charge < -0.3 is 29.2 Å². The predicted octanol–water partition coefficient (Wildman–Crippen LogP) is 4.95. The van der Waals surface area contributed by atoms with Gasteiger partial charge in [-0.15, -0.1) is 0 Å². The van der Waals surface area contributed by atoms with E-state index in [1.807, 2.05) is 59.5 Å². The van der Waals surface area contributed by atoms with Gasteiger partial charge in [0.1, 0.15) is 17.6 Å². The van der Waals surface area contributed by atoms with Gasteiger partial charge in [0.15, 0.2) is 16.6 Å². The maximum atomic E-state index is 11.4. The van der Waals surface area contributed by atoms with Gasteiger partial charge in [-0.3, -0.25) is 4.98 Å². The number of aromatic nitrogens is 1. The van der Waals surface area contributed by atoms with Crippen molar-refractivity contribution in [2.75, 3.05) is 11.7 Å². The maximum absolute atomic E-state index is 11.4. The topological polar surface area (TPSA) is 97.1 Å². The van der Waals surface area contributed by atoms with Crippen LogP contribution in [0.2, 0.25) is 0 Å². The minimum absolute atomic E-state index is 0.179. The van der Waals surface area contributed by atoms with E-state index in [1.54, 1.807) is 24.4 Å². The molecule has 1 saturated heterocycles. The summed E-state index contributed by atoms with van der Waals surface area (Å²) in [5.41, 5.74) is 2.50. The van der Waals surface area contributed by atoms with Gasteiger partial charge in [-0.1, -0.05) is 18.2 Å². The Morgan fingerprint density at radius 2 is 1.91 bits per heavy atom. The van der Waals surface area contributed by atoms with E-state index in [9.17, 15) is 9.90 Å². The van der Waals surface area contributed by atoms with E-state index in [0.29, 0.717) is 33.7 Å². The molecule has 0 spiro atoms. The number of anilines is 1. The second-order valence-electron chi connectivity index (χ2n) is 8.12. The van der Waals surface area contributed by atoms with E-state index in [2.05, 4.69) is 10.3 Å². The molecule has 2 atom stereocenters.